The van der Waals surface area contributed by atoms with Gasteiger partial charge in [0, 0.05) is 0 Å². The first-order valence-electron chi connectivity index (χ1n) is 9.30. The number of amides is 2. The fraction of sp³-hybridized carbons (Fsp3) is 0.500. The smallest absolute Gasteiger partial charge is 0.408 e. The van der Waals surface area contributed by atoms with E-state index in [9.17, 15) is 24.3 Å². The van der Waals surface area contributed by atoms with Crippen LogP contribution in [0.25, 0.3) is 0 Å². The molecule has 0 spiro atoms. The molecule has 0 bridgehead atoms. The number of aliphatic hydroxyl groups excluding tert-OH is 1. The predicted octanol–water partition coefficient (Wildman–Crippen LogP) is 0.519. The van der Waals surface area contributed by atoms with Crippen LogP contribution in [-0.4, -0.2) is 61.5 Å². The third-order valence-corrected chi connectivity index (χ3v) is 4.25. The maximum absolute atomic E-state index is 12.6. The third kappa shape index (κ3) is 8.08. The lowest BCUT2D eigenvalue weighted by molar-refractivity contribution is -0.149. The molecule has 166 valence electrons. The van der Waals surface area contributed by atoms with Crippen LogP contribution in [-0.2, 0) is 35.2 Å². The number of hydrogen-bond acceptors (Lipinski definition) is 8. The van der Waals surface area contributed by atoms with E-state index in [0.29, 0.717) is 0 Å². The fourth-order valence-electron chi connectivity index (χ4n) is 2.57. The Balaban J connectivity index is 2.75. The lowest BCUT2D eigenvalue weighted by Crippen LogP contribution is -2.56. The van der Waals surface area contributed by atoms with Gasteiger partial charge in [-0.3, -0.25) is 9.59 Å². The molecule has 1 aromatic rings. The molecular formula is C20H28N2O8. The van der Waals surface area contributed by atoms with E-state index in [4.69, 9.17) is 4.74 Å². The van der Waals surface area contributed by atoms with Crippen molar-refractivity contribution < 1.29 is 38.5 Å². The van der Waals surface area contributed by atoms with Gasteiger partial charge in [0.25, 0.3) is 0 Å². The van der Waals surface area contributed by atoms with Gasteiger partial charge in [-0.25, -0.2) is 9.59 Å². The number of ether oxygens (including phenoxy) is 3. The largest absolute Gasteiger partial charge is 0.469 e. The summed E-state index contributed by atoms with van der Waals surface area (Å²) in [4.78, 5) is 48.2. The topological polar surface area (TPSA) is 140 Å². The molecule has 0 unspecified atom stereocenters. The number of nitrogens with one attached hydrogen (secondary N) is 2. The van der Waals surface area contributed by atoms with Gasteiger partial charge in [-0.1, -0.05) is 37.3 Å². The summed E-state index contributed by atoms with van der Waals surface area (Å²) >= 11 is 0. The van der Waals surface area contributed by atoms with E-state index in [-0.39, 0.29) is 13.0 Å². The molecule has 0 aliphatic heterocycles. The van der Waals surface area contributed by atoms with Gasteiger partial charge in [0.2, 0.25) is 5.91 Å². The van der Waals surface area contributed by atoms with E-state index in [1.54, 1.807) is 24.3 Å². The van der Waals surface area contributed by atoms with Crippen LogP contribution in [0.5, 0.6) is 0 Å². The van der Waals surface area contributed by atoms with Gasteiger partial charge in [-0.05, 0) is 18.9 Å². The van der Waals surface area contributed by atoms with Crippen molar-refractivity contribution in [3.05, 3.63) is 35.9 Å². The molecule has 0 radical (unpaired) electrons. The van der Waals surface area contributed by atoms with Gasteiger partial charge in [0.15, 0.2) is 0 Å². The Morgan fingerprint density at radius 1 is 0.967 bits per heavy atom. The Morgan fingerprint density at radius 3 is 2.10 bits per heavy atom. The van der Waals surface area contributed by atoms with Crippen LogP contribution < -0.4 is 10.6 Å². The SMILES string of the molecule is COC(=O)[C@@H](C)C[C@@H](NC(=O)[C@@H](NC(=O)OCc1ccccc1)[C@@H](C)O)C(=O)OC. The zero-order valence-electron chi connectivity index (χ0n) is 17.4. The fourth-order valence-corrected chi connectivity index (χ4v) is 2.57. The molecule has 2 amide bonds. The van der Waals surface area contributed by atoms with Crippen molar-refractivity contribution in [1.29, 1.82) is 0 Å². The Kier molecular flexibility index (Phi) is 10.3. The Labute approximate surface area is 174 Å². The summed E-state index contributed by atoms with van der Waals surface area (Å²) in [5.41, 5.74) is 0.744. The third-order valence-electron chi connectivity index (χ3n) is 4.25. The van der Waals surface area contributed by atoms with Gasteiger partial charge < -0.3 is 30.0 Å². The second-order valence-electron chi connectivity index (χ2n) is 6.67. The second-order valence-corrected chi connectivity index (χ2v) is 6.67. The number of esters is 2. The summed E-state index contributed by atoms with van der Waals surface area (Å²) in [6, 6.07) is 6.32. The van der Waals surface area contributed by atoms with Crippen LogP contribution >= 0.6 is 0 Å². The molecule has 0 aromatic heterocycles. The molecule has 0 saturated heterocycles. The minimum absolute atomic E-state index is 0.0255. The maximum atomic E-state index is 12.6. The van der Waals surface area contributed by atoms with Gasteiger partial charge >= 0.3 is 18.0 Å². The molecule has 1 rings (SSSR count). The highest BCUT2D eigenvalue weighted by Gasteiger charge is 2.32. The van der Waals surface area contributed by atoms with Crippen LogP contribution in [0.2, 0.25) is 0 Å². The Bertz CT molecular complexity index is 723. The molecule has 10 heteroatoms. The van der Waals surface area contributed by atoms with Crippen molar-refractivity contribution in [3.63, 3.8) is 0 Å². The molecule has 0 aliphatic rings. The minimum Gasteiger partial charge on any atom is -0.469 e. The number of carbonyl (C=O) groups is 4. The van der Waals surface area contributed by atoms with Gasteiger partial charge in [-0.15, -0.1) is 0 Å². The van der Waals surface area contributed by atoms with Crippen LogP contribution in [0, 0.1) is 5.92 Å². The Hall–Kier alpha value is -3.14. The van der Waals surface area contributed by atoms with E-state index >= 15 is 0 Å². The summed E-state index contributed by atoms with van der Waals surface area (Å²) in [6.07, 6.45) is -2.29. The van der Waals surface area contributed by atoms with E-state index in [1.807, 2.05) is 6.07 Å². The quantitative estimate of drug-likeness (QED) is 0.365. The zero-order valence-corrected chi connectivity index (χ0v) is 17.4. The highest BCUT2D eigenvalue weighted by Crippen LogP contribution is 2.10. The first-order chi connectivity index (χ1) is 14.2. The molecule has 10 nitrogen and oxygen atoms in total. The molecule has 4 atom stereocenters. The molecule has 1 aromatic carbocycles. The van der Waals surface area contributed by atoms with E-state index in [0.717, 1.165) is 12.7 Å². The van der Waals surface area contributed by atoms with E-state index in [1.165, 1.54) is 21.0 Å². The average Bonchev–Trinajstić information content (AvgIpc) is 2.74. The summed E-state index contributed by atoms with van der Waals surface area (Å²) in [6.45, 7) is 2.80. The summed E-state index contributed by atoms with van der Waals surface area (Å²) in [5, 5.41) is 14.6. The molecule has 0 saturated carbocycles. The lowest BCUT2D eigenvalue weighted by atomic mass is 10.0. The van der Waals surface area contributed by atoms with Crippen LogP contribution in [0.15, 0.2) is 30.3 Å². The molecule has 30 heavy (non-hydrogen) atoms. The second kappa shape index (κ2) is 12.4. The van der Waals surface area contributed by atoms with E-state index in [2.05, 4.69) is 20.1 Å². The van der Waals surface area contributed by atoms with Crippen molar-refractivity contribution in [2.75, 3.05) is 14.2 Å². The number of aliphatic hydroxyl groups is 1. The zero-order chi connectivity index (χ0) is 22.7. The lowest BCUT2D eigenvalue weighted by Gasteiger charge is -2.24. The highest BCUT2D eigenvalue weighted by atomic mass is 16.5. The van der Waals surface area contributed by atoms with Crippen LogP contribution in [0.1, 0.15) is 25.8 Å². The highest BCUT2D eigenvalue weighted by molar-refractivity contribution is 5.90. The van der Waals surface area contributed by atoms with E-state index < -0.39 is 48.0 Å². The summed E-state index contributed by atoms with van der Waals surface area (Å²) in [5.74, 6) is -2.88. The number of methoxy groups -OCH3 is 2. The van der Waals surface area contributed by atoms with Crippen LogP contribution in [0.3, 0.4) is 0 Å². The van der Waals surface area contributed by atoms with Gasteiger partial charge in [0.05, 0.1) is 26.2 Å². The first kappa shape index (κ1) is 24.9. The molecule has 3 N–H and O–H groups in total. The molecule has 0 fully saturated rings. The normalized spacial score (nSPS) is 14.4. The first-order valence-corrected chi connectivity index (χ1v) is 9.30. The minimum atomic E-state index is -1.39. The van der Waals surface area contributed by atoms with Crippen molar-refractivity contribution in [1.82, 2.24) is 10.6 Å². The average molecular weight is 424 g/mol. The summed E-state index contributed by atoms with van der Waals surface area (Å²) in [7, 11) is 2.34. The number of hydrogen-bond donors (Lipinski definition) is 3. The predicted molar refractivity (Wildman–Crippen MR) is 105 cm³/mol. The molecular weight excluding hydrogens is 396 g/mol. The monoisotopic (exact) mass is 424 g/mol. The van der Waals surface area contributed by atoms with Crippen molar-refractivity contribution in [2.24, 2.45) is 5.92 Å². The maximum Gasteiger partial charge on any atom is 0.408 e. The van der Waals surface area contributed by atoms with Crippen molar-refractivity contribution in [2.45, 2.75) is 45.1 Å². The summed E-state index contributed by atoms with van der Waals surface area (Å²) < 4.78 is 14.3. The van der Waals surface area contributed by atoms with Crippen LogP contribution in [0.4, 0.5) is 4.79 Å². The van der Waals surface area contributed by atoms with Crippen molar-refractivity contribution >= 4 is 23.9 Å². The molecule has 0 heterocycles. The molecule has 0 aliphatic carbocycles. The standard InChI is InChI=1S/C20H28N2O8/c1-12(18(25)28-3)10-15(19(26)29-4)21-17(24)16(13(2)23)22-20(27)30-11-14-8-6-5-7-9-14/h5-9,12-13,15-16,23H,10-11H2,1-4H3,(H,21,24)(H,22,27)/t12-,13+,15+,16-/m0/s1. The number of carbonyl (C=O) groups excluding carboxylic acids is 4. The number of alkyl carbamates (subject to hydrolysis) is 1. The van der Waals surface area contributed by atoms with Gasteiger partial charge in [0.1, 0.15) is 18.7 Å². The van der Waals surface area contributed by atoms with Crippen molar-refractivity contribution in [3.8, 4) is 0 Å². The number of benzene rings is 1. The number of rotatable bonds is 10. The Morgan fingerprint density at radius 2 is 1.57 bits per heavy atom. The van der Waals surface area contributed by atoms with Gasteiger partial charge in [-0.2, -0.15) is 0 Å².